The van der Waals surface area contributed by atoms with E-state index >= 15 is 0 Å². The molecule has 0 atom stereocenters. The van der Waals surface area contributed by atoms with E-state index in [1.54, 1.807) is 50.5 Å². The van der Waals surface area contributed by atoms with Gasteiger partial charge in [-0.25, -0.2) is 22.9 Å². The summed E-state index contributed by atoms with van der Waals surface area (Å²) in [4.78, 5) is 21.1. The van der Waals surface area contributed by atoms with E-state index in [4.69, 9.17) is 21.5 Å². The molecule has 0 bridgehead atoms. The Hall–Kier alpha value is -3.48. The molecule has 3 aromatic rings. The van der Waals surface area contributed by atoms with Crippen LogP contribution in [0.2, 0.25) is 5.02 Å². The number of sulfonamides is 1. The molecule has 0 aliphatic carbocycles. The molecule has 0 aliphatic rings. The van der Waals surface area contributed by atoms with Crippen molar-refractivity contribution in [1.82, 2.24) is 14.9 Å². The van der Waals surface area contributed by atoms with Gasteiger partial charge in [0.05, 0.1) is 17.0 Å². The maximum atomic E-state index is 14.3. The highest BCUT2D eigenvalue weighted by atomic mass is 35.5. The van der Waals surface area contributed by atoms with Gasteiger partial charge in [0.1, 0.15) is 5.75 Å². The summed E-state index contributed by atoms with van der Waals surface area (Å²) >= 11 is 6.22. The quantitative estimate of drug-likeness (QED) is 0.401. The average molecular weight is 509 g/mol. The highest BCUT2D eigenvalue weighted by Gasteiger charge is 2.12. The first-order valence-corrected chi connectivity index (χ1v) is 11.9. The highest BCUT2D eigenvalue weighted by molar-refractivity contribution is 7.88. The van der Waals surface area contributed by atoms with Crippen molar-refractivity contribution in [2.45, 2.75) is 5.75 Å². The van der Waals surface area contributed by atoms with Crippen LogP contribution in [-0.2, 0) is 20.6 Å². The van der Waals surface area contributed by atoms with Gasteiger partial charge in [0.2, 0.25) is 16.0 Å². The van der Waals surface area contributed by atoms with Gasteiger partial charge >= 0.3 is 0 Å². The molecule has 0 radical (unpaired) electrons. The van der Waals surface area contributed by atoms with E-state index in [0.29, 0.717) is 22.7 Å². The van der Waals surface area contributed by atoms with Crippen molar-refractivity contribution in [3.05, 3.63) is 65.1 Å². The molecule has 0 saturated heterocycles. The van der Waals surface area contributed by atoms with E-state index in [1.807, 2.05) is 0 Å². The molecule has 2 aromatic carbocycles. The third-order valence-electron chi connectivity index (χ3n) is 4.34. The lowest BCUT2D eigenvalue weighted by molar-refractivity contribution is -0.130. The zero-order valence-electron chi connectivity index (χ0n) is 18.2. The van der Waals surface area contributed by atoms with Crippen molar-refractivity contribution in [1.29, 1.82) is 0 Å². The van der Waals surface area contributed by atoms with Crippen molar-refractivity contribution in [2.75, 3.05) is 31.3 Å². The summed E-state index contributed by atoms with van der Waals surface area (Å²) < 4.78 is 42.3. The van der Waals surface area contributed by atoms with Gasteiger partial charge in [-0.1, -0.05) is 23.7 Å². The van der Waals surface area contributed by atoms with Gasteiger partial charge in [0.15, 0.2) is 18.2 Å². The zero-order chi connectivity index (χ0) is 24.9. The van der Waals surface area contributed by atoms with Crippen molar-refractivity contribution in [3.63, 3.8) is 0 Å². The zero-order valence-corrected chi connectivity index (χ0v) is 19.8. The Bertz CT molecular complexity index is 1310. The Morgan fingerprint density at radius 2 is 1.91 bits per heavy atom. The van der Waals surface area contributed by atoms with E-state index in [2.05, 4.69) is 20.6 Å². The van der Waals surface area contributed by atoms with Gasteiger partial charge < -0.3 is 20.3 Å². The number of benzene rings is 2. The summed E-state index contributed by atoms with van der Waals surface area (Å²) in [5, 5.41) is 11.0. The molecule has 3 rings (SSSR count). The smallest absolute Gasteiger partial charge is 0.259 e. The number of nitrogens with one attached hydrogen (secondary N) is 2. The molecule has 1 amide bonds. The number of rotatable bonds is 9. The minimum atomic E-state index is -3.69. The maximum Gasteiger partial charge on any atom is 0.259 e. The molecule has 0 aliphatic heterocycles. The normalized spacial score (nSPS) is 11.1. The summed E-state index contributed by atoms with van der Waals surface area (Å²) in [7, 11) is -0.465. The number of likely N-dealkylation sites (N-methyl/N-ethyl adjacent to an activating group) is 1. The van der Waals surface area contributed by atoms with Gasteiger partial charge in [-0.15, -0.1) is 0 Å². The molecular weight excluding hydrogens is 487 g/mol. The minimum Gasteiger partial charge on any atom is -0.482 e. The second-order valence-electron chi connectivity index (χ2n) is 7.37. The molecule has 0 spiro atoms. The average Bonchev–Trinajstić information content (AvgIpc) is 2.74. The molecule has 0 fully saturated rings. The second-order valence-corrected chi connectivity index (χ2v) is 9.39. The molecule has 0 unspecified atom stereocenters. The van der Waals surface area contributed by atoms with E-state index in [9.17, 15) is 17.6 Å². The summed E-state index contributed by atoms with van der Waals surface area (Å²) in [5.74, 6) is -1.01. The molecule has 34 heavy (non-hydrogen) atoms. The third-order valence-corrected chi connectivity index (χ3v) is 5.37. The molecule has 0 saturated carbocycles. The lowest BCUT2D eigenvalue weighted by Gasteiger charge is -2.13. The van der Waals surface area contributed by atoms with Crippen LogP contribution in [-0.4, -0.2) is 49.9 Å². The standard InChI is InChI=1S/C21H22ClFN6O4S/c1-29(2)19(30)11-33-18-7-6-15(9-16(18)22)26-20-17(23)10-25-21(28-20)27-14-5-3-4-13(8-14)12-34(24,31)32/h3-10H,11-12H2,1-2H3,(H2,24,31,32)(H2,25,26,27,28). The number of ether oxygens (including phenoxy) is 1. The molecule has 1 aromatic heterocycles. The molecule has 10 nitrogen and oxygen atoms in total. The first kappa shape index (κ1) is 25.1. The largest absolute Gasteiger partial charge is 0.482 e. The van der Waals surface area contributed by atoms with Crippen LogP contribution in [0.1, 0.15) is 5.56 Å². The lowest BCUT2D eigenvalue weighted by Crippen LogP contribution is -2.27. The SMILES string of the molecule is CN(C)C(=O)COc1ccc(Nc2nc(Nc3cccc(CS(N)(=O)=O)c3)ncc2F)cc1Cl. The molecule has 1 heterocycles. The van der Waals surface area contributed by atoms with E-state index in [0.717, 1.165) is 6.20 Å². The minimum absolute atomic E-state index is 0.0740. The first-order valence-electron chi connectivity index (χ1n) is 9.78. The monoisotopic (exact) mass is 508 g/mol. The van der Waals surface area contributed by atoms with Crippen LogP contribution >= 0.6 is 11.6 Å². The van der Waals surface area contributed by atoms with Crippen molar-refractivity contribution in [2.24, 2.45) is 5.14 Å². The summed E-state index contributed by atoms with van der Waals surface area (Å²) in [6.07, 6.45) is 0.984. The molecule has 13 heteroatoms. The highest BCUT2D eigenvalue weighted by Crippen LogP contribution is 2.30. The second kappa shape index (κ2) is 10.6. The lowest BCUT2D eigenvalue weighted by atomic mass is 10.2. The fourth-order valence-corrected chi connectivity index (χ4v) is 3.60. The number of aromatic nitrogens is 2. The van der Waals surface area contributed by atoms with Crippen molar-refractivity contribution >= 4 is 50.7 Å². The van der Waals surface area contributed by atoms with Crippen molar-refractivity contribution < 1.29 is 22.3 Å². The summed E-state index contributed by atoms with van der Waals surface area (Å²) in [6, 6.07) is 11.1. The number of carbonyl (C=O) groups is 1. The van der Waals surface area contributed by atoms with Crippen LogP contribution in [0, 0.1) is 5.82 Å². The van der Waals surface area contributed by atoms with Crippen LogP contribution in [0.3, 0.4) is 0 Å². The van der Waals surface area contributed by atoms with Gasteiger partial charge in [0, 0.05) is 25.5 Å². The van der Waals surface area contributed by atoms with Gasteiger partial charge in [-0.2, -0.15) is 4.98 Å². The Morgan fingerprint density at radius 1 is 1.18 bits per heavy atom. The predicted molar refractivity (Wildman–Crippen MR) is 127 cm³/mol. The molecule has 4 N–H and O–H groups in total. The van der Waals surface area contributed by atoms with E-state index in [1.165, 1.54) is 11.0 Å². The van der Waals surface area contributed by atoms with Crippen LogP contribution < -0.4 is 20.5 Å². The van der Waals surface area contributed by atoms with Gasteiger partial charge in [-0.3, -0.25) is 4.79 Å². The molecular formula is C21H22ClFN6O4S. The topological polar surface area (TPSA) is 140 Å². The Balaban J connectivity index is 1.73. The van der Waals surface area contributed by atoms with Crippen LogP contribution in [0.4, 0.5) is 27.5 Å². The number of carbonyl (C=O) groups excluding carboxylic acids is 1. The predicted octanol–water partition coefficient (Wildman–Crippen LogP) is 3.01. The first-order chi connectivity index (χ1) is 16.0. The Kier molecular flexibility index (Phi) is 7.87. The maximum absolute atomic E-state index is 14.3. The Labute approximate surface area is 201 Å². The number of hydrogen-bond acceptors (Lipinski definition) is 8. The number of hydrogen-bond donors (Lipinski definition) is 3. The number of primary sulfonamides is 1. The number of halogens is 2. The number of nitrogens with two attached hydrogens (primary N) is 1. The van der Waals surface area contributed by atoms with Crippen LogP contribution in [0.5, 0.6) is 5.75 Å². The van der Waals surface area contributed by atoms with E-state index < -0.39 is 15.8 Å². The molecule has 180 valence electrons. The fourth-order valence-electron chi connectivity index (χ4n) is 2.72. The fraction of sp³-hybridized carbons (Fsp3) is 0.190. The summed E-state index contributed by atoms with van der Waals surface area (Å²) in [6.45, 7) is -0.173. The number of nitrogens with zero attached hydrogens (tertiary/aromatic N) is 3. The summed E-state index contributed by atoms with van der Waals surface area (Å²) in [5.41, 5.74) is 1.39. The van der Waals surface area contributed by atoms with E-state index in [-0.39, 0.29) is 35.1 Å². The number of anilines is 4. The van der Waals surface area contributed by atoms with Crippen LogP contribution in [0.25, 0.3) is 0 Å². The van der Waals surface area contributed by atoms with Crippen LogP contribution in [0.15, 0.2) is 48.7 Å². The number of amides is 1. The van der Waals surface area contributed by atoms with Gasteiger partial charge in [-0.05, 0) is 35.9 Å². The Morgan fingerprint density at radius 3 is 2.59 bits per heavy atom. The van der Waals surface area contributed by atoms with Gasteiger partial charge in [0.25, 0.3) is 5.91 Å². The van der Waals surface area contributed by atoms with Crippen molar-refractivity contribution in [3.8, 4) is 5.75 Å². The third kappa shape index (κ3) is 7.27.